The molecule has 0 saturated heterocycles. The summed E-state index contributed by atoms with van der Waals surface area (Å²) in [5.74, 6) is 0.816. The highest BCUT2D eigenvalue weighted by Crippen LogP contribution is 2.11. The van der Waals surface area contributed by atoms with E-state index in [1.807, 2.05) is 25.1 Å². The van der Waals surface area contributed by atoms with Crippen LogP contribution in [0, 0.1) is 20.8 Å². The van der Waals surface area contributed by atoms with Gasteiger partial charge in [-0.1, -0.05) is 29.8 Å². The molecular weight excluding hydrogens is 411 g/mol. The molecule has 2 N–H and O–H groups in total. The number of nitrogens with zero attached hydrogens (tertiary/aromatic N) is 2. The molecule has 1 aromatic heterocycles. The van der Waals surface area contributed by atoms with Crippen molar-refractivity contribution in [3.8, 4) is 0 Å². The lowest BCUT2D eigenvalue weighted by atomic mass is 10.1. The minimum atomic E-state index is 0. The van der Waals surface area contributed by atoms with Gasteiger partial charge in [0, 0.05) is 12.2 Å². The molecule has 1 aromatic carbocycles. The van der Waals surface area contributed by atoms with E-state index in [9.17, 15) is 0 Å². The highest BCUT2D eigenvalue weighted by atomic mass is 127. The van der Waals surface area contributed by atoms with Gasteiger partial charge in [0.1, 0.15) is 0 Å². The number of rotatable bonds is 5. The molecule has 0 amide bonds. The van der Waals surface area contributed by atoms with E-state index in [4.69, 9.17) is 0 Å². The molecule has 0 aliphatic heterocycles. The number of nitrogens with one attached hydrogen (secondary N) is 2. The fourth-order valence-corrected chi connectivity index (χ4v) is 2.40. The Kier molecular flexibility index (Phi) is 8.74. The highest BCUT2D eigenvalue weighted by molar-refractivity contribution is 14.0. The van der Waals surface area contributed by atoms with Crippen LogP contribution in [0.1, 0.15) is 35.0 Å². The first-order valence-electron chi connectivity index (χ1n) is 8.09. The Morgan fingerprint density at radius 2 is 1.88 bits per heavy atom. The third-order valence-corrected chi connectivity index (χ3v) is 3.63. The van der Waals surface area contributed by atoms with Crippen molar-refractivity contribution in [3.05, 3.63) is 64.5 Å². The number of halogens is 1. The van der Waals surface area contributed by atoms with Gasteiger partial charge in [0.25, 0.3) is 0 Å². The molecule has 130 valence electrons. The molecule has 1 heterocycles. The van der Waals surface area contributed by atoms with Gasteiger partial charge in [0.05, 0.1) is 18.8 Å². The van der Waals surface area contributed by atoms with Crippen LogP contribution in [0.2, 0.25) is 0 Å². The van der Waals surface area contributed by atoms with Crippen LogP contribution in [0.5, 0.6) is 0 Å². The monoisotopic (exact) mass is 438 g/mol. The average molecular weight is 438 g/mol. The van der Waals surface area contributed by atoms with Crippen molar-refractivity contribution in [1.29, 1.82) is 0 Å². The van der Waals surface area contributed by atoms with Crippen molar-refractivity contribution >= 4 is 29.9 Å². The van der Waals surface area contributed by atoms with Gasteiger partial charge in [0.2, 0.25) is 0 Å². The molecule has 5 heteroatoms. The fourth-order valence-electron chi connectivity index (χ4n) is 2.40. The molecule has 0 aliphatic carbocycles. The van der Waals surface area contributed by atoms with Crippen LogP contribution in [0.25, 0.3) is 0 Å². The van der Waals surface area contributed by atoms with Gasteiger partial charge in [-0.05, 0) is 51.0 Å². The van der Waals surface area contributed by atoms with Crippen molar-refractivity contribution < 1.29 is 0 Å². The third-order valence-electron chi connectivity index (χ3n) is 3.63. The van der Waals surface area contributed by atoms with Gasteiger partial charge in [-0.25, -0.2) is 4.99 Å². The van der Waals surface area contributed by atoms with E-state index in [-0.39, 0.29) is 24.0 Å². The van der Waals surface area contributed by atoms with E-state index in [1.54, 1.807) is 0 Å². The zero-order valence-corrected chi connectivity index (χ0v) is 17.2. The summed E-state index contributed by atoms with van der Waals surface area (Å²) in [6.07, 6.45) is 0. The van der Waals surface area contributed by atoms with Gasteiger partial charge in [-0.15, -0.1) is 24.0 Å². The van der Waals surface area contributed by atoms with Crippen molar-refractivity contribution in [2.24, 2.45) is 4.99 Å². The summed E-state index contributed by atoms with van der Waals surface area (Å²) < 4.78 is 0. The summed E-state index contributed by atoms with van der Waals surface area (Å²) in [7, 11) is 0. The lowest BCUT2D eigenvalue weighted by molar-refractivity contribution is 0.796. The molecule has 2 rings (SSSR count). The van der Waals surface area contributed by atoms with E-state index in [1.165, 1.54) is 16.7 Å². The fraction of sp³-hybridized carbons (Fsp3) is 0.368. The number of hydrogen-bond acceptors (Lipinski definition) is 2. The van der Waals surface area contributed by atoms with Crippen LogP contribution >= 0.6 is 24.0 Å². The summed E-state index contributed by atoms with van der Waals surface area (Å²) in [4.78, 5) is 9.18. The van der Waals surface area contributed by atoms with Crippen molar-refractivity contribution in [1.82, 2.24) is 15.6 Å². The topological polar surface area (TPSA) is 49.3 Å². The lowest BCUT2D eigenvalue weighted by Gasteiger charge is -2.12. The molecule has 0 fully saturated rings. The molecular formula is C19H27IN4. The Labute approximate surface area is 162 Å². The van der Waals surface area contributed by atoms with E-state index >= 15 is 0 Å². The Morgan fingerprint density at radius 1 is 1.08 bits per heavy atom. The maximum atomic E-state index is 4.68. The van der Waals surface area contributed by atoms with Crippen LogP contribution in [-0.2, 0) is 13.1 Å². The normalized spacial score (nSPS) is 10.9. The molecule has 2 aromatic rings. The van der Waals surface area contributed by atoms with Gasteiger partial charge >= 0.3 is 0 Å². The number of guanidine groups is 1. The Hall–Kier alpha value is -1.63. The first-order chi connectivity index (χ1) is 11.1. The highest BCUT2D eigenvalue weighted by Gasteiger charge is 2.01. The van der Waals surface area contributed by atoms with Crippen LogP contribution in [0.3, 0.4) is 0 Å². The molecule has 0 bridgehead atoms. The average Bonchev–Trinajstić information content (AvgIpc) is 2.51. The second-order valence-electron chi connectivity index (χ2n) is 5.75. The Morgan fingerprint density at radius 3 is 2.54 bits per heavy atom. The van der Waals surface area contributed by atoms with Gasteiger partial charge in [-0.2, -0.15) is 0 Å². The van der Waals surface area contributed by atoms with Crippen LogP contribution in [-0.4, -0.2) is 17.5 Å². The summed E-state index contributed by atoms with van der Waals surface area (Å²) in [6, 6.07) is 12.5. The second kappa shape index (κ2) is 10.3. The third kappa shape index (κ3) is 6.47. The predicted molar refractivity (Wildman–Crippen MR) is 112 cm³/mol. The van der Waals surface area contributed by atoms with Crippen molar-refractivity contribution in [2.75, 3.05) is 6.54 Å². The number of pyridine rings is 1. The number of hydrogen-bond donors (Lipinski definition) is 2. The van der Waals surface area contributed by atoms with Gasteiger partial charge in [0.15, 0.2) is 5.96 Å². The van der Waals surface area contributed by atoms with Crippen LogP contribution in [0.15, 0.2) is 41.4 Å². The summed E-state index contributed by atoms with van der Waals surface area (Å²) in [5, 5.41) is 6.62. The number of aromatic nitrogens is 1. The van der Waals surface area contributed by atoms with E-state index < -0.39 is 0 Å². The maximum absolute atomic E-state index is 4.68. The molecule has 0 unspecified atom stereocenters. The summed E-state index contributed by atoms with van der Waals surface area (Å²) in [6.45, 7) is 10.5. The zero-order chi connectivity index (χ0) is 16.7. The minimum Gasteiger partial charge on any atom is -0.357 e. The van der Waals surface area contributed by atoms with E-state index in [0.29, 0.717) is 13.1 Å². The maximum Gasteiger partial charge on any atom is 0.191 e. The van der Waals surface area contributed by atoms with Crippen LogP contribution in [0.4, 0.5) is 0 Å². The van der Waals surface area contributed by atoms with Crippen LogP contribution < -0.4 is 10.6 Å². The first-order valence-corrected chi connectivity index (χ1v) is 8.09. The van der Waals surface area contributed by atoms with Crippen molar-refractivity contribution in [2.45, 2.75) is 40.8 Å². The molecule has 0 spiro atoms. The van der Waals surface area contributed by atoms with E-state index in [0.717, 1.165) is 23.9 Å². The van der Waals surface area contributed by atoms with Gasteiger partial charge < -0.3 is 10.6 Å². The number of aryl methyl sites for hydroxylation is 3. The first kappa shape index (κ1) is 20.4. The largest absolute Gasteiger partial charge is 0.357 e. The lowest BCUT2D eigenvalue weighted by Crippen LogP contribution is -2.37. The SMILES string of the molecule is CCNC(=NCc1ccc(C)cc1C)NCc1cccc(C)n1.I. The zero-order valence-electron chi connectivity index (χ0n) is 14.9. The standard InChI is InChI=1S/C19H26N4.HI/c1-5-20-19(22-13-18-8-6-7-16(4)23-18)21-12-17-10-9-14(2)11-15(17)3;/h6-11H,5,12-13H2,1-4H3,(H2,20,21,22);1H. The molecule has 0 radical (unpaired) electrons. The predicted octanol–water partition coefficient (Wildman–Crippen LogP) is 3.88. The molecule has 0 saturated carbocycles. The van der Waals surface area contributed by atoms with E-state index in [2.05, 4.69) is 59.6 Å². The molecule has 0 aliphatic rings. The second-order valence-corrected chi connectivity index (χ2v) is 5.75. The number of benzene rings is 1. The molecule has 24 heavy (non-hydrogen) atoms. The summed E-state index contributed by atoms with van der Waals surface area (Å²) in [5.41, 5.74) is 5.86. The molecule has 0 atom stereocenters. The minimum absolute atomic E-state index is 0. The van der Waals surface area contributed by atoms with Crippen molar-refractivity contribution in [3.63, 3.8) is 0 Å². The quantitative estimate of drug-likeness (QED) is 0.423. The van der Waals surface area contributed by atoms with Gasteiger partial charge in [-0.3, -0.25) is 4.98 Å². The number of aliphatic imine (C=N–C) groups is 1. The Bertz CT molecular complexity index is 683. The molecule has 4 nitrogen and oxygen atoms in total. The Balaban J connectivity index is 0.00000288. The summed E-state index contributed by atoms with van der Waals surface area (Å²) >= 11 is 0. The smallest absolute Gasteiger partial charge is 0.191 e.